The summed E-state index contributed by atoms with van der Waals surface area (Å²) in [6.07, 6.45) is 3.95. The van der Waals surface area contributed by atoms with Gasteiger partial charge >= 0.3 is 0 Å². The van der Waals surface area contributed by atoms with Gasteiger partial charge in [0.25, 0.3) is 0 Å². The van der Waals surface area contributed by atoms with E-state index in [1.807, 2.05) is 0 Å². The molecule has 0 saturated carbocycles. The van der Waals surface area contributed by atoms with Gasteiger partial charge in [0.05, 0.1) is 11.5 Å². The fourth-order valence-corrected chi connectivity index (χ4v) is 5.98. The fraction of sp³-hybridized carbons (Fsp3) is 1.00. The average molecular weight is 315 g/mol. The zero-order chi connectivity index (χ0) is 13.8. The first kappa shape index (κ1) is 16.6. The maximum Gasteiger partial charge on any atom is 0.150 e. The van der Waals surface area contributed by atoms with Crippen LogP contribution in [0.4, 0.5) is 0 Å². The molecule has 108 valence electrons. The van der Waals surface area contributed by atoms with Crippen LogP contribution in [0.15, 0.2) is 0 Å². The van der Waals surface area contributed by atoms with Crippen LogP contribution in [0.3, 0.4) is 0 Å². The Morgan fingerprint density at radius 3 is 2.33 bits per heavy atom. The van der Waals surface area contributed by atoms with E-state index in [1.54, 1.807) is 0 Å². The molecule has 0 aromatic heterocycles. The van der Waals surface area contributed by atoms with E-state index in [0.717, 1.165) is 25.7 Å². The van der Waals surface area contributed by atoms with Crippen LogP contribution in [0.2, 0.25) is 0 Å². The van der Waals surface area contributed by atoms with E-state index >= 15 is 0 Å². The summed E-state index contributed by atoms with van der Waals surface area (Å²) in [5.41, 5.74) is -0.207. The van der Waals surface area contributed by atoms with Crippen LogP contribution in [0.1, 0.15) is 39.5 Å². The predicted octanol–water partition coefficient (Wildman–Crippen LogP) is 3.71. The summed E-state index contributed by atoms with van der Waals surface area (Å²) in [5, 5.41) is 0. The van der Waals surface area contributed by atoms with Crippen molar-refractivity contribution in [1.29, 1.82) is 0 Å². The van der Waals surface area contributed by atoms with E-state index in [4.69, 9.17) is 23.2 Å². The molecule has 1 heterocycles. The Kier molecular flexibility index (Phi) is 6.27. The maximum atomic E-state index is 11.6. The smallest absolute Gasteiger partial charge is 0.150 e. The third-order valence-corrected chi connectivity index (χ3v) is 7.00. The number of halogens is 2. The number of rotatable bonds is 7. The molecule has 0 bridgehead atoms. The molecule has 0 N–H and O–H groups in total. The molecule has 1 saturated heterocycles. The number of hydrogen-bond donors (Lipinski definition) is 0. The lowest BCUT2D eigenvalue weighted by Crippen LogP contribution is -2.37. The van der Waals surface area contributed by atoms with Crippen LogP contribution >= 0.6 is 23.2 Å². The lowest BCUT2D eigenvalue weighted by Gasteiger charge is -2.37. The molecule has 1 fully saturated rings. The molecule has 0 aromatic rings. The van der Waals surface area contributed by atoms with E-state index in [1.165, 1.54) is 0 Å². The van der Waals surface area contributed by atoms with Crippen LogP contribution in [0, 0.1) is 17.3 Å². The molecule has 0 radical (unpaired) electrons. The lowest BCUT2D eigenvalue weighted by atomic mass is 9.72. The molecule has 1 aliphatic rings. The van der Waals surface area contributed by atoms with E-state index in [0.29, 0.717) is 23.4 Å². The normalized spacial score (nSPS) is 25.2. The largest absolute Gasteiger partial charge is 0.229 e. The van der Waals surface area contributed by atoms with Gasteiger partial charge in [-0.1, -0.05) is 26.7 Å². The monoisotopic (exact) mass is 314 g/mol. The molecule has 0 spiro atoms. The van der Waals surface area contributed by atoms with E-state index in [9.17, 15) is 8.42 Å². The highest BCUT2D eigenvalue weighted by Crippen LogP contribution is 2.43. The molecular formula is C13H24Cl2O2S. The van der Waals surface area contributed by atoms with Crippen LogP contribution in [0.25, 0.3) is 0 Å². The van der Waals surface area contributed by atoms with Gasteiger partial charge < -0.3 is 0 Å². The molecule has 0 amide bonds. The summed E-state index contributed by atoms with van der Waals surface area (Å²) in [6, 6.07) is 0. The van der Waals surface area contributed by atoms with Crippen molar-refractivity contribution in [3.05, 3.63) is 0 Å². The molecule has 18 heavy (non-hydrogen) atoms. The van der Waals surface area contributed by atoms with Gasteiger partial charge in [0.15, 0.2) is 9.84 Å². The Hall–Kier alpha value is 0.530. The number of sulfone groups is 1. The molecule has 2 atom stereocenters. The lowest BCUT2D eigenvalue weighted by molar-refractivity contribution is 0.188. The average Bonchev–Trinajstić information content (AvgIpc) is 2.67. The van der Waals surface area contributed by atoms with Crippen LogP contribution < -0.4 is 0 Å². The standard InChI is InChI=1S/C13H24Cl2O2S/c1-3-4-11(2)7-13(9-14,10-15)12-5-6-18(16,17)8-12/h11-12H,3-10H2,1-2H3. The molecular weight excluding hydrogens is 291 g/mol. The van der Waals surface area contributed by atoms with Gasteiger partial charge in [0.2, 0.25) is 0 Å². The van der Waals surface area contributed by atoms with Crippen molar-refractivity contribution in [2.75, 3.05) is 23.3 Å². The number of hydrogen-bond acceptors (Lipinski definition) is 2. The fourth-order valence-electron chi connectivity index (χ4n) is 3.10. The van der Waals surface area contributed by atoms with Gasteiger partial charge in [-0.05, 0) is 24.7 Å². The molecule has 0 aromatic carbocycles. The molecule has 5 heteroatoms. The van der Waals surface area contributed by atoms with E-state index in [2.05, 4.69) is 13.8 Å². The second-order valence-electron chi connectivity index (χ2n) is 5.83. The minimum atomic E-state index is -2.86. The quantitative estimate of drug-likeness (QED) is 0.671. The Labute approximate surface area is 121 Å². The van der Waals surface area contributed by atoms with Gasteiger partial charge in [-0.3, -0.25) is 0 Å². The van der Waals surface area contributed by atoms with E-state index in [-0.39, 0.29) is 17.1 Å². The molecule has 0 aliphatic carbocycles. The summed E-state index contributed by atoms with van der Waals surface area (Å²) >= 11 is 12.3. The van der Waals surface area contributed by atoms with Crippen molar-refractivity contribution in [3.8, 4) is 0 Å². The Balaban J connectivity index is 2.80. The third-order valence-electron chi connectivity index (χ3n) is 4.17. The first-order chi connectivity index (χ1) is 8.39. The van der Waals surface area contributed by atoms with Crippen molar-refractivity contribution in [2.45, 2.75) is 39.5 Å². The van der Waals surface area contributed by atoms with Gasteiger partial charge in [-0.15, -0.1) is 23.2 Å². The first-order valence-electron chi connectivity index (χ1n) is 6.71. The van der Waals surface area contributed by atoms with Gasteiger partial charge in [0.1, 0.15) is 0 Å². The minimum absolute atomic E-state index is 0.136. The highest BCUT2D eigenvalue weighted by Gasteiger charge is 2.44. The zero-order valence-corrected chi connectivity index (χ0v) is 13.6. The Morgan fingerprint density at radius 1 is 1.33 bits per heavy atom. The second kappa shape index (κ2) is 6.81. The van der Waals surface area contributed by atoms with Gasteiger partial charge in [-0.25, -0.2) is 8.42 Å². The van der Waals surface area contributed by atoms with Crippen molar-refractivity contribution in [1.82, 2.24) is 0 Å². The van der Waals surface area contributed by atoms with E-state index < -0.39 is 9.84 Å². The van der Waals surface area contributed by atoms with Crippen molar-refractivity contribution >= 4 is 33.0 Å². The maximum absolute atomic E-state index is 11.6. The van der Waals surface area contributed by atoms with Crippen LogP contribution in [-0.2, 0) is 9.84 Å². The predicted molar refractivity (Wildman–Crippen MR) is 79.3 cm³/mol. The molecule has 2 nitrogen and oxygen atoms in total. The summed E-state index contributed by atoms with van der Waals surface area (Å²) in [7, 11) is -2.86. The summed E-state index contributed by atoms with van der Waals surface area (Å²) in [5.74, 6) is 2.18. The summed E-state index contributed by atoms with van der Waals surface area (Å²) < 4.78 is 23.3. The highest BCUT2D eigenvalue weighted by molar-refractivity contribution is 7.91. The zero-order valence-electron chi connectivity index (χ0n) is 11.3. The van der Waals surface area contributed by atoms with Gasteiger partial charge in [0, 0.05) is 17.2 Å². The molecule has 2 unspecified atom stereocenters. The van der Waals surface area contributed by atoms with Crippen molar-refractivity contribution < 1.29 is 8.42 Å². The van der Waals surface area contributed by atoms with Gasteiger partial charge in [-0.2, -0.15) is 0 Å². The summed E-state index contributed by atoms with van der Waals surface area (Å²) in [6.45, 7) is 4.38. The van der Waals surface area contributed by atoms with Crippen molar-refractivity contribution in [3.63, 3.8) is 0 Å². The summed E-state index contributed by atoms with van der Waals surface area (Å²) in [4.78, 5) is 0. The molecule has 1 aliphatic heterocycles. The number of alkyl halides is 2. The van der Waals surface area contributed by atoms with Crippen LogP contribution in [-0.4, -0.2) is 31.7 Å². The Bertz CT molecular complexity index is 350. The first-order valence-corrected chi connectivity index (χ1v) is 9.60. The van der Waals surface area contributed by atoms with Crippen molar-refractivity contribution in [2.24, 2.45) is 17.3 Å². The topological polar surface area (TPSA) is 34.1 Å². The van der Waals surface area contributed by atoms with Crippen LogP contribution in [0.5, 0.6) is 0 Å². The second-order valence-corrected chi connectivity index (χ2v) is 8.59. The Morgan fingerprint density at radius 2 is 1.94 bits per heavy atom. The highest BCUT2D eigenvalue weighted by atomic mass is 35.5. The SMILES string of the molecule is CCCC(C)CC(CCl)(CCl)C1CCS(=O)(=O)C1. The molecule has 1 rings (SSSR count). The third kappa shape index (κ3) is 4.01. The minimum Gasteiger partial charge on any atom is -0.229 e.